The Morgan fingerprint density at radius 1 is 1.21 bits per heavy atom. The molecule has 0 aromatic heterocycles. The smallest absolute Gasteiger partial charge is 0.334 e. The maximum Gasteiger partial charge on any atom is 0.334 e. The molecule has 128 valence electrons. The van der Waals surface area contributed by atoms with Crippen LogP contribution in [0.2, 0.25) is 0 Å². The fourth-order valence-corrected chi connectivity index (χ4v) is 3.68. The zero-order valence-electron chi connectivity index (χ0n) is 14.2. The molecule has 5 nitrogen and oxygen atoms in total. The summed E-state index contributed by atoms with van der Waals surface area (Å²) in [5, 5.41) is 0. The van der Waals surface area contributed by atoms with Crippen molar-refractivity contribution in [3.8, 4) is 5.75 Å². The van der Waals surface area contributed by atoms with Gasteiger partial charge in [-0.3, -0.25) is 4.79 Å². The second-order valence-electron chi connectivity index (χ2n) is 6.26. The Morgan fingerprint density at radius 2 is 1.92 bits per heavy atom. The fraction of sp³-hybridized carbons (Fsp3) is 0.474. The van der Waals surface area contributed by atoms with Gasteiger partial charge in [-0.1, -0.05) is 24.3 Å². The van der Waals surface area contributed by atoms with E-state index in [0.29, 0.717) is 25.4 Å². The van der Waals surface area contributed by atoms with Gasteiger partial charge in [0.1, 0.15) is 5.75 Å². The Morgan fingerprint density at radius 3 is 2.62 bits per heavy atom. The molecule has 5 heteroatoms. The van der Waals surface area contributed by atoms with Crippen LogP contribution >= 0.6 is 0 Å². The minimum atomic E-state index is -0.906. The van der Waals surface area contributed by atoms with Crippen LogP contribution in [0.25, 0.3) is 0 Å². The summed E-state index contributed by atoms with van der Waals surface area (Å²) in [6.07, 6.45) is 1.73. The summed E-state index contributed by atoms with van der Waals surface area (Å²) in [7, 11) is 0. The average Bonchev–Trinajstić information content (AvgIpc) is 2.90. The Balaban J connectivity index is 2.08. The minimum Gasteiger partial charge on any atom is -0.493 e. The fourth-order valence-electron chi connectivity index (χ4n) is 3.68. The molecule has 0 radical (unpaired) electrons. The highest BCUT2D eigenvalue weighted by Crippen LogP contribution is 2.55. The first kappa shape index (κ1) is 16.6. The third kappa shape index (κ3) is 2.48. The van der Waals surface area contributed by atoms with Crippen molar-refractivity contribution in [2.45, 2.75) is 26.7 Å². The molecule has 1 aromatic carbocycles. The second kappa shape index (κ2) is 6.30. The molecular weight excluding hydrogens is 308 g/mol. The molecule has 1 aliphatic carbocycles. The highest BCUT2D eigenvalue weighted by molar-refractivity contribution is 5.95. The quantitative estimate of drug-likeness (QED) is 0.795. The summed E-state index contributed by atoms with van der Waals surface area (Å²) < 4.78 is 16.3. The first-order chi connectivity index (χ1) is 11.5. The normalized spacial score (nSPS) is 27.4. The van der Waals surface area contributed by atoms with Crippen molar-refractivity contribution >= 4 is 11.9 Å². The number of para-hydroxylation sites is 1. The lowest BCUT2D eigenvalue weighted by atomic mass is 9.72. The molecule has 3 atom stereocenters. The van der Waals surface area contributed by atoms with E-state index in [2.05, 4.69) is 0 Å². The molecule has 1 heterocycles. The van der Waals surface area contributed by atoms with Gasteiger partial charge in [0.25, 0.3) is 0 Å². The molecule has 0 unspecified atom stereocenters. The average molecular weight is 330 g/mol. The van der Waals surface area contributed by atoms with Gasteiger partial charge in [-0.15, -0.1) is 0 Å². The first-order valence-electron chi connectivity index (χ1n) is 8.31. The zero-order chi connectivity index (χ0) is 17.3. The number of hydrogen-bond acceptors (Lipinski definition) is 5. The Labute approximate surface area is 141 Å². The van der Waals surface area contributed by atoms with Crippen LogP contribution in [0.1, 0.15) is 32.3 Å². The number of hydrogen-bond donors (Lipinski definition) is 0. The van der Waals surface area contributed by atoms with E-state index in [1.165, 1.54) is 0 Å². The van der Waals surface area contributed by atoms with E-state index < -0.39 is 5.41 Å². The zero-order valence-corrected chi connectivity index (χ0v) is 14.2. The lowest BCUT2D eigenvalue weighted by Gasteiger charge is -2.36. The number of fused-ring (bicyclic) bond motifs is 3. The van der Waals surface area contributed by atoms with E-state index in [9.17, 15) is 9.59 Å². The maximum atomic E-state index is 12.6. The van der Waals surface area contributed by atoms with E-state index in [0.717, 1.165) is 11.3 Å². The van der Waals surface area contributed by atoms with E-state index in [1.54, 1.807) is 19.9 Å². The molecule has 0 fully saturated rings. The van der Waals surface area contributed by atoms with Gasteiger partial charge in [0.2, 0.25) is 0 Å². The molecule has 2 aliphatic rings. The van der Waals surface area contributed by atoms with Gasteiger partial charge in [0.05, 0.1) is 25.2 Å². The van der Waals surface area contributed by atoms with Gasteiger partial charge >= 0.3 is 11.9 Å². The monoisotopic (exact) mass is 330 g/mol. The number of carbonyl (C=O) groups excluding carboxylic acids is 2. The predicted octanol–water partition coefficient (Wildman–Crippen LogP) is 2.85. The van der Waals surface area contributed by atoms with Crippen LogP contribution < -0.4 is 4.74 Å². The predicted molar refractivity (Wildman–Crippen MR) is 87.6 cm³/mol. The molecule has 0 saturated heterocycles. The van der Waals surface area contributed by atoms with E-state index in [4.69, 9.17) is 14.2 Å². The van der Waals surface area contributed by atoms with Crippen molar-refractivity contribution < 1.29 is 23.8 Å². The third-order valence-electron chi connectivity index (χ3n) is 4.86. The first-order valence-corrected chi connectivity index (χ1v) is 8.31. The van der Waals surface area contributed by atoms with Crippen molar-refractivity contribution in [1.29, 1.82) is 0 Å². The summed E-state index contributed by atoms with van der Waals surface area (Å²) in [6, 6.07) is 7.63. The van der Waals surface area contributed by atoms with Crippen LogP contribution in [0.15, 0.2) is 35.9 Å². The second-order valence-corrected chi connectivity index (χ2v) is 6.26. The molecule has 0 spiro atoms. The summed E-state index contributed by atoms with van der Waals surface area (Å²) in [6.45, 7) is 6.31. The van der Waals surface area contributed by atoms with Crippen LogP contribution in [-0.4, -0.2) is 31.8 Å². The molecule has 3 rings (SSSR count). The van der Waals surface area contributed by atoms with Crippen molar-refractivity contribution in [2.75, 3.05) is 19.8 Å². The van der Waals surface area contributed by atoms with Crippen LogP contribution in [0.3, 0.4) is 0 Å². The molecule has 0 bridgehead atoms. The Kier molecular flexibility index (Phi) is 4.35. The van der Waals surface area contributed by atoms with Gasteiger partial charge in [0.15, 0.2) is 0 Å². The van der Waals surface area contributed by atoms with Crippen molar-refractivity contribution in [1.82, 2.24) is 0 Å². The van der Waals surface area contributed by atoms with Gasteiger partial charge in [-0.05, 0) is 26.8 Å². The Hall–Kier alpha value is -2.30. The molecule has 0 amide bonds. The summed E-state index contributed by atoms with van der Waals surface area (Å²) in [5.41, 5.74) is 0.533. The van der Waals surface area contributed by atoms with Gasteiger partial charge in [-0.25, -0.2) is 4.79 Å². The molecule has 1 aromatic rings. The Bertz CT molecular complexity index is 693. The lowest BCUT2D eigenvalue weighted by molar-refractivity contribution is -0.155. The van der Waals surface area contributed by atoms with E-state index in [1.807, 2.05) is 31.2 Å². The van der Waals surface area contributed by atoms with Gasteiger partial charge in [0, 0.05) is 23.0 Å². The maximum absolute atomic E-state index is 12.6. The summed E-state index contributed by atoms with van der Waals surface area (Å²) in [4.78, 5) is 25.1. The standard InChI is InChI=1S/C19H22O5/c1-4-22-17(20)13-10-19(3,18(21)23-5-2)14-11-24-15-9-7-6-8-12(15)16(13)14/h6-10,14,16H,4-5,11H2,1-3H3/t14-,16-,19-/m1/s1. The molecular formula is C19H22O5. The van der Waals surface area contributed by atoms with Crippen LogP contribution in [-0.2, 0) is 19.1 Å². The highest BCUT2D eigenvalue weighted by atomic mass is 16.5. The molecule has 0 N–H and O–H groups in total. The van der Waals surface area contributed by atoms with Gasteiger partial charge in [-0.2, -0.15) is 0 Å². The number of rotatable bonds is 4. The SMILES string of the molecule is CCOC(=O)C1=C[C@@](C)(C(=O)OCC)[C@@H]2COc3ccccc3[C@H]12. The molecule has 24 heavy (non-hydrogen) atoms. The van der Waals surface area contributed by atoms with Crippen molar-refractivity contribution in [3.05, 3.63) is 41.5 Å². The summed E-state index contributed by atoms with van der Waals surface area (Å²) in [5.74, 6) is -0.365. The number of carbonyl (C=O) groups is 2. The molecule has 1 aliphatic heterocycles. The topological polar surface area (TPSA) is 61.8 Å². The van der Waals surface area contributed by atoms with Crippen LogP contribution in [0.5, 0.6) is 5.75 Å². The largest absolute Gasteiger partial charge is 0.493 e. The summed E-state index contributed by atoms with van der Waals surface area (Å²) >= 11 is 0. The number of benzene rings is 1. The van der Waals surface area contributed by atoms with Crippen molar-refractivity contribution in [3.63, 3.8) is 0 Å². The van der Waals surface area contributed by atoms with Crippen LogP contribution in [0.4, 0.5) is 0 Å². The van der Waals surface area contributed by atoms with E-state index >= 15 is 0 Å². The highest BCUT2D eigenvalue weighted by Gasteiger charge is 2.55. The van der Waals surface area contributed by atoms with Gasteiger partial charge < -0.3 is 14.2 Å². The third-order valence-corrected chi connectivity index (χ3v) is 4.86. The van der Waals surface area contributed by atoms with Crippen molar-refractivity contribution in [2.24, 2.45) is 11.3 Å². The lowest BCUT2D eigenvalue weighted by Crippen LogP contribution is -2.40. The van der Waals surface area contributed by atoms with E-state index in [-0.39, 0.29) is 23.8 Å². The number of ether oxygens (including phenoxy) is 3. The molecule has 0 saturated carbocycles. The van der Waals surface area contributed by atoms with Crippen LogP contribution in [0, 0.1) is 11.3 Å². The number of esters is 2. The minimum absolute atomic E-state index is 0.189.